The van der Waals surface area contributed by atoms with Gasteiger partial charge in [-0.2, -0.15) is 0 Å². The van der Waals surface area contributed by atoms with Gasteiger partial charge in [-0.1, -0.05) is 42.8 Å². The summed E-state index contributed by atoms with van der Waals surface area (Å²) >= 11 is 5.90. The van der Waals surface area contributed by atoms with E-state index in [0.29, 0.717) is 10.8 Å². The van der Waals surface area contributed by atoms with Gasteiger partial charge in [0.1, 0.15) is 11.3 Å². The van der Waals surface area contributed by atoms with Gasteiger partial charge < -0.3 is 14.8 Å². The number of hydrogen-bond donors (Lipinski definition) is 1. The maximum atomic E-state index is 12.2. The normalized spacial score (nSPS) is 11.5. The molecule has 0 unspecified atom stereocenters. The maximum absolute atomic E-state index is 12.2. The van der Waals surface area contributed by atoms with Gasteiger partial charge in [0.25, 0.3) is 5.91 Å². The fourth-order valence-corrected chi connectivity index (χ4v) is 2.63. The number of amides is 1. The highest BCUT2D eigenvalue weighted by Gasteiger charge is 2.17. The van der Waals surface area contributed by atoms with Crippen LogP contribution in [0.4, 0.5) is 0 Å². The highest BCUT2D eigenvalue weighted by atomic mass is 35.5. The van der Waals surface area contributed by atoms with Gasteiger partial charge >= 0.3 is 5.97 Å². The molecule has 5 nitrogen and oxygen atoms in total. The highest BCUT2D eigenvalue weighted by molar-refractivity contribution is 6.31. The number of hydrogen-bond acceptors (Lipinski definition) is 4. The molecule has 1 atom stereocenters. The number of ether oxygens (including phenoxy) is 2. The van der Waals surface area contributed by atoms with Crippen molar-refractivity contribution in [3.05, 3.63) is 64.2 Å². The van der Waals surface area contributed by atoms with Gasteiger partial charge in [0.15, 0.2) is 6.61 Å². The number of benzene rings is 2. The van der Waals surface area contributed by atoms with E-state index in [2.05, 4.69) is 12.2 Å². The third-order valence-electron chi connectivity index (χ3n) is 3.98. The summed E-state index contributed by atoms with van der Waals surface area (Å²) in [5.74, 6) is -0.713. The summed E-state index contributed by atoms with van der Waals surface area (Å²) in [6.07, 6.45) is 0.962. The predicted molar refractivity (Wildman–Crippen MR) is 101 cm³/mol. The molecule has 26 heavy (non-hydrogen) atoms. The van der Waals surface area contributed by atoms with Crippen molar-refractivity contribution in [1.82, 2.24) is 5.32 Å². The molecule has 138 valence electrons. The van der Waals surface area contributed by atoms with Crippen molar-refractivity contribution in [2.75, 3.05) is 13.7 Å². The lowest BCUT2D eigenvalue weighted by molar-refractivity contribution is -0.124. The van der Waals surface area contributed by atoms with Crippen molar-refractivity contribution < 1.29 is 19.1 Å². The van der Waals surface area contributed by atoms with Crippen LogP contribution in [0.2, 0.25) is 5.02 Å². The number of esters is 1. The number of methoxy groups -OCH3 is 1. The van der Waals surface area contributed by atoms with E-state index >= 15 is 0 Å². The molecular formula is C20H22ClNO4. The maximum Gasteiger partial charge on any atom is 0.342 e. The number of carbonyl (C=O) groups is 2. The standard InChI is InChI=1S/C20H22ClNO4/c1-4-14-5-7-15(8-6-14)13(2)22-19(23)12-26-20(24)17-11-16(21)9-10-18(17)25-3/h5-11,13H,4,12H2,1-3H3,(H,22,23)/t13-/m1/s1. The van der Waals surface area contributed by atoms with Crippen LogP contribution in [0.3, 0.4) is 0 Å². The van der Waals surface area contributed by atoms with Crippen molar-refractivity contribution in [1.29, 1.82) is 0 Å². The first-order chi connectivity index (χ1) is 12.4. The second kappa shape index (κ2) is 9.25. The Morgan fingerprint density at radius 3 is 2.46 bits per heavy atom. The molecule has 0 fully saturated rings. The average molecular weight is 376 g/mol. The molecule has 0 saturated carbocycles. The van der Waals surface area contributed by atoms with Crippen LogP contribution in [0.25, 0.3) is 0 Å². The first-order valence-electron chi connectivity index (χ1n) is 8.33. The Morgan fingerprint density at radius 1 is 1.15 bits per heavy atom. The van der Waals surface area contributed by atoms with Gasteiger partial charge in [0.2, 0.25) is 0 Å². The van der Waals surface area contributed by atoms with E-state index in [1.165, 1.54) is 18.7 Å². The molecule has 0 saturated heterocycles. The lowest BCUT2D eigenvalue weighted by Crippen LogP contribution is -2.31. The monoisotopic (exact) mass is 375 g/mol. The fourth-order valence-electron chi connectivity index (χ4n) is 2.46. The second-order valence-electron chi connectivity index (χ2n) is 5.81. The van der Waals surface area contributed by atoms with Crippen molar-refractivity contribution in [2.24, 2.45) is 0 Å². The van der Waals surface area contributed by atoms with Crippen LogP contribution in [0.5, 0.6) is 5.75 Å². The zero-order chi connectivity index (χ0) is 19.1. The summed E-state index contributed by atoms with van der Waals surface area (Å²) in [6.45, 7) is 3.58. The third-order valence-corrected chi connectivity index (χ3v) is 4.22. The van der Waals surface area contributed by atoms with E-state index in [1.807, 2.05) is 31.2 Å². The molecule has 1 N–H and O–H groups in total. The summed E-state index contributed by atoms with van der Waals surface area (Å²) in [7, 11) is 1.44. The molecule has 2 rings (SSSR count). The van der Waals surface area contributed by atoms with Gasteiger partial charge in [0.05, 0.1) is 13.2 Å². The molecule has 2 aromatic carbocycles. The summed E-state index contributed by atoms with van der Waals surface area (Å²) in [4.78, 5) is 24.2. The second-order valence-corrected chi connectivity index (χ2v) is 6.24. The molecule has 0 heterocycles. The first kappa shape index (κ1) is 19.8. The minimum Gasteiger partial charge on any atom is -0.496 e. The molecule has 0 aromatic heterocycles. The molecule has 0 radical (unpaired) electrons. The zero-order valence-electron chi connectivity index (χ0n) is 15.0. The summed E-state index contributed by atoms with van der Waals surface area (Å²) in [5.41, 5.74) is 2.39. The van der Waals surface area contributed by atoms with E-state index < -0.39 is 5.97 Å². The molecule has 0 aliphatic rings. The van der Waals surface area contributed by atoms with Crippen LogP contribution in [-0.2, 0) is 16.0 Å². The molecule has 0 spiro atoms. The molecule has 6 heteroatoms. The third kappa shape index (κ3) is 5.23. The lowest BCUT2D eigenvalue weighted by atomic mass is 10.1. The van der Waals surface area contributed by atoms with Crippen molar-refractivity contribution >= 4 is 23.5 Å². The van der Waals surface area contributed by atoms with Gasteiger partial charge in [-0.3, -0.25) is 4.79 Å². The quantitative estimate of drug-likeness (QED) is 0.744. The number of rotatable bonds is 7. The number of nitrogens with one attached hydrogen (secondary N) is 1. The summed E-state index contributed by atoms with van der Waals surface area (Å²) in [5, 5.41) is 3.19. The highest BCUT2D eigenvalue weighted by Crippen LogP contribution is 2.23. The van der Waals surface area contributed by atoms with E-state index in [4.69, 9.17) is 21.1 Å². The van der Waals surface area contributed by atoms with Crippen LogP contribution in [0.1, 0.15) is 41.4 Å². The summed E-state index contributed by atoms with van der Waals surface area (Å²) in [6, 6.07) is 12.5. The number of halogens is 1. The minimum absolute atomic E-state index is 0.177. The van der Waals surface area contributed by atoms with Crippen molar-refractivity contribution in [3.8, 4) is 5.75 Å². The van der Waals surface area contributed by atoms with Crippen molar-refractivity contribution in [3.63, 3.8) is 0 Å². The molecule has 2 aromatic rings. The Kier molecular flexibility index (Phi) is 7.04. The van der Waals surface area contributed by atoms with Crippen molar-refractivity contribution in [2.45, 2.75) is 26.3 Å². The SMILES string of the molecule is CCc1ccc([C@@H](C)NC(=O)COC(=O)c2cc(Cl)ccc2OC)cc1. The number of aryl methyl sites for hydroxylation is 1. The Morgan fingerprint density at radius 2 is 1.85 bits per heavy atom. The van der Waals surface area contributed by atoms with E-state index in [9.17, 15) is 9.59 Å². The Hall–Kier alpha value is -2.53. The molecule has 1 amide bonds. The Bertz CT molecular complexity index is 774. The largest absolute Gasteiger partial charge is 0.496 e. The Balaban J connectivity index is 1.91. The summed E-state index contributed by atoms with van der Waals surface area (Å²) < 4.78 is 10.2. The van der Waals surface area contributed by atoms with Crippen LogP contribution in [0, 0.1) is 0 Å². The van der Waals surface area contributed by atoms with Gasteiger partial charge in [-0.15, -0.1) is 0 Å². The topological polar surface area (TPSA) is 64.6 Å². The van der Waals surface area contributed by atoms with Gasteiger partial charge in [0, 0.05) is 5.02 Å². The van der Waals surface area contributed by atoms with Crippen LogP contribution in [-0.4, -0.2) is 25.6 Å². The van der Waals surface area contributed by atoms with E-state index in [1.54, 1.807) is 12.1 Å². The first-order valence-corrected chi connectivity index (χ1v) is 8.71. The van der Waals surface area contributed by atoms with Gasteiger partial charge in [-0.25, -0.2) is 4.79 Å². The average Bonchev–Trinajstić information content (AvgIpc) is 2.66. The van der Waals surface area contributed by atoms with Gasteiger partial charge in [-0.05, 0) is 42.7 Å². The molecule has 0 bridgehead atoms. The smallest absolute Gasteiger partial charge is 0.342 e. The number of carbonyl (C=O) groups excluding carboxylic acids is 2. The predicted octanol–water partition coefficient (Wildman–Crippen LogP) is 3.95. The zero-order valence-corrected chi connectivity index (χ0v) is 15.8. The van der Waals surface area contributed by atoms with Crippen LogP contribution < -0.4 is 10.1 Å². The molecular weight excluding hydrogens is 354 g/mol. The molecule has 0 aliphatic heterocycles. The lowest BCUT2D eigenvalue weighted by Gasteiger charge is -2.15. The van der Waals surface area contributed by atoms with E-state index in [-0.39, 0.29) is 24.1 Å². The Labute approximate surface area is 158 Å². The molecule has 0 aliphatic carbocycles. The fraction of sp³-hybridized carbons (Fsp3) is 0.300. The minimum atomic E-state index is -0.667. The van der Waals surface area contributed by atoms with Crippen LogP contribution in [0.15, 0.2) is 42.5 Å². The van der Waals surface area contributed by atoms with Crippen LogP contribution >= 0.6 is 11.6 Å². The van der Waals surface area contributed by atoms with E-state index in [0.717, 1.165) is 12.0 Å².